The minimum absolute atomic E-state index is 0.00565. The summed E-state index contributed by atoms with van der Waals surface area (Å²) in [7, 11) is 0. The van der Waals surface area contributed by atoms with Crippen molar-refractivity contribution in [3.63, 3.8) is 0 Å². The van der Waals surface area contributed by atoms with E-state index in [1.165, 1.54) is 12.8 Å². The van der Waals surface area contributed by atoms with Crippen LogP contribution in [0, 0.1) is 17.3 Å². The maximum absolute atomic E-state index is 12.1. The van der Waals surface area contributed by atoms with E-state index < -0.39 is 6.04 Å². The van der Waals surface area contributed by atoms with Gasteiger partial charge in [0.1, 0.15) is 0 Å². The van der Waals surface area contributed by atoms with Crippen molar-refractivity contribution in [2.45, 2.75) is 66.0 Å². The van der Waals surface area contributed by atoms with Crippen LogP contribution in [0.25, 0.3) is 0 Å². The number of nitrogens with two attached hydrogens (primary N) is 1. The van der Waals surface area contributed by atoms with E-state index in [4.69, 9.17) is 5.73 Å². The summed E-state index contributed by atoms with van der Waals surface area (Å²) >= 11 is 0. The van der Waals surface area contributed by atoms with Gasteiger partial charge < -0.3 is 11.1 Å². The molecule has 3 nitrogen and oxygen atoms in total. The van der Waals surface area contributed by atoms with Gasteiger partial charge in [0.05, 0.1) is 6.04 Å². The lowest BCUT2D eigenvalue weighted by molar-refractivity contribution is -0.125. The van der Waals surface area contributed by atoms with E-state index in [0.29, 0.717) is 12.0 Å². The first-order valence-corrected chi connectivity index (χ1v) is 6.83. The normalized spacial score (nSPS) is 31.3. The molecule has 1 saturated carbocycles. The first-order valence-electron chi connectivity index (χ1n) is 6.83. The van der Waals surface area contributed by atoms with Gasteiger partial charge in [0.15, 0.2) is 0 Å². The summed E-state index contributed by atoms with van der Waals surface area (Å²) < 4.78 is 0. The molecule has 3 heteroatoms. The molecule has 0 aromatic heterocycles. The molecular weight excluding hydrogens is 212 g/mol. The van der Waals surface area contributed by atoms with Crippen molar-refractivity contribution in [2.75, 3.05) is 0 Å². The Morgan fingerprint density at radius 3 is 2.41 bits per heavy atom. The second-order valence-electron chi connectivity index (χ2n) is 6.56. The third-order valence-corrected chi connectivity index (χ3v) is 4.29. The lowest BCUT2D eigenvalue weighted by atomic mass is 9.86. The Kier molecular flexibility index (Phi) is 4.59. The second kappa shape index (κ2) is 5.38. The van der Waals surface area contributed by atoms with Crippen LogP contribution in [-0.2, 0) is 4.79 Å². The van der Waals surface area contributed by atoms with Crippen LogP contribution in [0.3, 0.4) is 0 Å². The molecule has 0 aromatic carbocycles. The fourth-order valence-electron chi connectivity index (χ4n) is 2.69. The van der Waals surface area contributed by atoms with Gasteiger partial charge in [0.25, 0.3) is 0 Å². The van der Waals surface area contributed by atoms with E-state index in [1.807, 2.05) is 20.8 Å². The van der Waals surface area contributed by atoms with Crippen molar-refractivity contribution in [3.05, 3.63) is 0 Å². The molecule has 0 heterocycles. The summed E-state index contributed by atoms with van der Waals surface area (Å²) in [4.78, 5) is 12.1. The Bertz CT molecular complexity index is 270. The maximum Gasteiger partial charge on any atom is 0.237 e. The number of amides is 1. The van der Waals surface area contributed by atoms with Crippen molar-refractivity contribution in [2.24, 2.45) is 23.0 Å². The molecule has 1 aliphatic carbocycles. The monoisotopic (exact) mass is 240 g/mol. The SMILES string of the molecule is CCC1CCC(NC(=O)[C@H](N)C(C)(C)C)C1C. The van der Waals surface area contributed by atoms with Crippen molar-refractivity contribution in [1.29, 1.82) is 0 Å². The Balaban J connectivity index is 2.53. The molecule has 0 bridgehead atoms. The molecule has 1 amide bonds. The molecule has 0 spiro atoms. The van der Waals surface area contributed by atoms with E-state index in [-0.39, 0.29) is 11.3 Å². The topological polar surface area (TPSA) is 55.1 Å². The molecule has 3 unspecified atom stereocenters. The highest BCUT2D eigenvalue weighted by Gasteiger charge is 2.35. The van der Waals surface area contributed by atoms with E-state index in [1.54, 1.807) is 0 Å². The Morgan fingerprint density at radius 1 is 1.41 bits per heavy atom. The zero-order valence-electron chi connectivity index (χ0n) is 11.9. The van der Waals surface area contributed by atoms with Crippen LogP contribution < -0.4 is 11.1 Å². The zero-order chi connectivity index (χ0) is 13.2. The molecule has 0 aromatic rings. The summed E-state index contributed by atoms with van der Waals surface area (Å²) in [6.45, 7) is 10.5. The molecule has 0 saturated heterocycles. The molecule has 0 aliphatic heterocycles. The molecule has 0 radical (unpaired) electrons. The Morgan fingerprint density at radius 2 is 2.00 bits per heavy atom. The maximum atomic E-state index is 12.1. The number of carbonyl (C=O) groups is 1. The highest BCUT2D eigenvalue weighted by molar-refractivity contribution is 5.82. The van der Waals surface area contributed by atoms with E-state index >= 15 is 0 Å². The van der Waals surface area contributed by atoms with Crippen LogP contribution >= 0.6 is 0 Å². The summed E-state index contributed by atoms with van der Waals surface area (Å²) in [6.07, 6.45) is 3.54. The predicted molar refractivity (Wildman–Crippen MR) is 71.5 cm³/mol. The van der Waals surface area contributed by atoms with Gasteiger partial charge in [-0.25, -0.2) is 0 Å². The fraction of sp³-hybridized carbons (Fsp3) is 0.929. The fourth-order valence-corrected chi connectivity index (χ4v) is 2.69. The van der Waals surface area contributed by atoms with Crippen LogP contribution in [0.2, 0.25) is 0 Å². The smallest absolute Gasteiger partial charge is 0.237 e. The lowest BCUT2D eigenvalue weighted by Gasteiger charge is -2.29. The lowest BCUT2D eigenvalue weighted by Crippen LogP contribution is -2.52. The van der Waals surface area contributed by atoms with Gasteiger partial charge in [-0.15, -0.1) is 0 Å². The molecular formula is C14H28N2O. The van der Waals surface area contributed by atoms with Crippen molar-refractivity contribution in [1.82, 2.24) is 5.32 Å². The van der Waals surface area contributed by atoms with E-state index in [2.05, 4.69) is 19.2 Å². The van der Waals surface area contributed by atoms with Gasteiger partial charge in [0, 0.05) is 6.04 Å². The molecule has 1 rings (SSSR count). The first-order chi connectivity index (χ1) is 7.77. The third-order valence-electron chi connectivity index (χ3n) is 4.29. The van der Waals surface area contributed by atoms with Crippen molar-refractivity contribution >= 4 is 5.91 Å². The van der Waals surface area contributed by atoms with Crippen LogP contribution in [0.5, 0.6) is 0 Å². The van der Waals surface area contributed by atoms with Crippen LogP contribution in [0.1, 0.15) is 53.9 Å². The van der Waals surface area contributed by atoms with Gasteiger partial charge in [-0.2, -0.15) is 0 Å². The average Bonchev–Trinajstić information content (AvgIpc) is 2.57. The number of hydrogen-bond acceptors (Lipinski definition) is 2. The predicted octanol–water partition coefficient (Wildman–Crippen LogP) is 2.30. The number of rotatable bonds is 3. The van der Waals surface area contributed by atoms with Gasteiger partial charge in [-0.05, 0) is 30.1 Å². The molecule has 1 aliphatic rings. The van der Waals surface area contributed by atoms with Crippen LogP contribution in [-0.4, -0.2) is 18.0 Å². The van der Waals surface area contributed by atoms with Crippen molar-refractivity contribution in [3.8, 4) is 0 Å². The minimum Gasteiger partial charge on any atom is -0.352 e. The summed E-state index contributed by atoms with van der Waals surface area (Å²) in [6, 6.07) is -0.101. The highest BCUT2D eigenvalue weighted by Crippen LogP contribution is 2.34. The van der Waals surface area contributed by atoms with Crippen LogP contribution in [0.15, 0.2) is 0 Å². The van der Waals surface area contributed by atoms with Crippen molar-refractivity contribution < 1.29 is 4.79 Å². The first kappa shape index (κ1) is 14.5. The number of hydrogen-bond donors (Lipinski definition) is 2. The molecule has 17 heavy (non-hydrogen) atoms. The zero-order valence-corrected chi connectivity index (χ0v) is 11.9. The summed E-state index contributed by atoms with van der Waals surface area (Å²) in [5.41, 5.74) is 5.80. The quantitative estimate of drug-likeness (QED) is 0.795. The molecule has 4 atom stereocenters. The Hall–Kier alpha value is -0.570. The highest BCUT2D eigenvalue weighted by atomic mass is 16.2. The standard InChI is InChI=1S/C14H28N2O/c1-6-10-7-8-11(9(10)2)16-13(17)12(15)14(3,4)5/h9-12H,6-8,15H2,1-5H3,(H,16,17)/t9?,10?,11?,12-/m0/s1. The Labute approximate surface area is 106 Å². The minimum atomic E-state index is -0.421. The number of nitrogens with one attached hydrogen (secondary N) is 1. The van der Waals surface area contributed by atoms with Gasteiger partial charge in [-0.1, -0.05) is 41.0 Å². The third kappa shape index (κ3) is 3.44. The van der Waals surface area contributed by atoms with E-state index in [0.717, 1.165) is 12.3 Å². The van der Waals surface area contributed by atoms with Gasteiger partial charge >= 0.3 is 0 Å². The summed E-state index contributed by atoms with van der Waals surface area (Å²) in [5, 5.41) is 3.14. The largest absolute Gasteiger partial charge is 0.352 e. The van der Waals surface area contributed by atoms with Gasteiger partial charge in [-0.3, -0.25) is 4.79 Å². The average molecular weight is 240 g/mol. The van der Waals surface area contributed by atoms with E-state index in [9.17, 15) is 4.79 Å². The molecule has 1 fully saturated rings. The second-order valence-corrected chi connectivity index (χ2v) is 6.56. The van der Waals surface area contributed by atoms with Crippen LogP contribution in [0.4, 0.5) is 0 Å². The molecule has 3 N–H and O–H groups in total. The summed E-state index contributed by atoms with van der Waals surface area (Å²) in [5.74, 6) is 1.34. The van der Waals surface area contributed by atoms with Gasteiger partial charge in [0.2, 0.25) is 5.91 Å². The molecule has 100 valence electrons. The number of carbonyl (C=O) groups excluding carboxylic acids is 1.